The molecule has 0 aliphatic carbocycles. The van der Waals surface area contributed by atoms with Gasteiger partial charge in [-0.3, -0.25) is 0 Å². The van der Waals surface area contributed by atoms with E-state index in [-0.39, 0.29) is 73.1 Å². The van der Waals surface area contributed by atoms with Gasteiger partial charge in [-0.15, -0.1) is 0 Å². The smallest absolute Gasteiger partial charge is 0.136 e. The Morgan fingerprint density at radius 3 is 1.82 bits per heavy atom. The minimum Gasteiger partial charge on any atom is -0.456 e. The fraction of sp³-hybridized carbons (Fsp3) is 0. The molecule has 9 aromatic rings. The van der Waals surface area contributed by atoms with Gasteiger partial charge < -0.3 is 4.42 Å². The molecule has 0 atom stereocenters. The maximum absolute atomic E-state index is 10.0. The average molecular weight is 585 g/mol. The summed E-state index contributed by atoms with van der Waals surface area (Å²) < 4.78 is 115. The quantitative estimate of drug-likeness (QED) is 0.188. The fourth-order valence-corrected chi connectivity index (χ4v) is 6.29. The second-order valence-corrected chi connectivity index (χ2v) is 10.7. The van der Waals surface area contributed by atoms with Crippen LogP contribution in [-0.2, 0) is 0 Å². The standard InChI is InChI=1S/C44H28O/c1-3-14-29(15-4-1)31-26-27-36-39(28-31)43(33-19-8-7-18-32(33)30-16-5-2-6-17-30)35-21-10-9-20-34(35)42(36)38-23-13-25-41-44(38)37-22-11-12-24-40(37)45-41/h1-28H/i2D,5D,6D,9D,10D,16D,17D,20D,21D,26D,27D,28D. The molecule has 0 spiro atoms. The number of para-hydroxylation sites is 1. The van der Waals surface area contributed by atoms with Gasteiger partial charge in [0.25, 0.3) is 0 Å². The summed E-state index contributed by atoms with van der Waals surface area (Å²) in [5.74, 6) is 0. The summed E-state index contributed by atoms with van der Waals surface area (Å²) >= 11 is 0. The maximum Gasteiger partial charge on any atom is 0.136 e. The van der Waals surface area contributed by atoms with Gasteiger partial charge in [0.05, 0.1) is 16.4 Å². The molecule has 210 valence electrons. The summed E-state index contributed by atoms with van der Waals surface area (Å²) in [6.45, 7) is 0. The van der Waals surface area contributed by atoms with Gasteiger partial charge in [0, 0.05) is 10.8 Å². The highest BCUT2D eigenvalue weighted by Gasteiger charge is 2.22. The Morgan fingerprint density at radius 1 is 0.378 bits per heavy atom. The van der Waals surface area contributed by atoms with E-state index in [1.54, 1.807) is 72.8 Å². The topological polar surface area (TPSA) is 13.1 Å². The van der Waals surface area contributed by atoms with Gasteiger partial charge >= 0.3 is 0 Å². The second kappa shape index (κ2) is 10.4. The van der Waals surface area contributed by atoms with Gasteiger partial charge in [-0.1, -0.05) is 151 Å². The second-order valence-electron chi connectivity index (χ2n) is 10.7. The fourth-order valence-electron chi connectivity index (χ4n) is 6.29. The largest absolute Gasteiger partial charge is 0.456 e. The predicted molar refractivity (Wildman–Crippen MR) is 190 cm³/mol. The minimum atomic E-state index is -0.579. The van der Waals surface area contributed by atoms with Crippen molar-refractivity contribution < 1.29 is 20.9 Å². The van der Waals surface area contributed by atoms with Crippen LogP contribution in [0.2, 0.25) is 0 Å². The zero-order valence-electron chi connectivity index (χ0n) is 35.6. The summed E-state index contributed by atoms with van der Waals surface area (Å²) in [4.78, 5) is 0. The number of fused-ring (bicyclic) bond motifs is 5. The van der Waals surface area contributed by atoms with E-state index in [1.807, 2.05) is 24.3 Å². The van der Waals surface area contributed by atoms with Crippen LogP contribution in [0.3, 0.4) is 0 Å². The number of rotatable bonds is 4. The Balaban J connectivity index is 1.62. The Hall–Kier alpha value is -5.92. The van der Waals surface area contributed by atoms with Crippen molar-refractivity contribution in [3.05, 3.63) is 170 Å². The number of hydrogen-bond donors (Lipinski definition) is 0. The first kappa shape index (κ1) is 16.2. The van der Waals surface area contributed by atoms with Crippen LogP contribution in [0, 0.1) is 0 Å². The molecule has 1 nitrogen and oxygen atoms in total. The number of benzene rings is 8. The molecule has 0 saturated heterocycles. The molecule has 0 N–H and O–H groups in total. The molecule has 0 fully saturated rings. The van der Waals surface area contributed by atoms with Crippen molar-refractivity contribution in [1.82, 2.24) is 0 Å². The minimum absolute atomic E-state index is 0.00207. The molecule has 1 heterocycles. The molecule has 0 aliphatic rings. The van der Waals surface area contributed by atoms with E-state index >= 15 is 0 Å². The lowest BCUT2D eigenvalue weighted by Crippen LogP contribution is -1.93. The SMILES string of the molecule is [2H]c1c([2H])c([2H])c(-c2ccccc2-c2c3c([2H])c([2H])c([2H])c([2H])c3c(-c3cccc4oc5ccccc5c34)c3c([2H])c([2H])c(-c4ccccc4)c([2H])c23)c([2H])c1[2H]. The van der Waals surface area contributed by atoms with Crippen LogP contribution in [0.25, 0.3) is 88.0 Å². The highest BCUT2D eigenvalue weighted by molar-refractivity contribution is 6.26. The van der Waals surface area contributed by atoms with Crippen LogP contribution in [0.1, 0.15) is 16.4 Å². The molecule has 0 amide bonds. The summed E-state index contributed by atoms with van der Waals surface area (Å²) in [5.41, 5.74) is 2.63. The summed E-state index contributed by atoms with van der Waals surface area (Å²) in [6.07, 6.45) is 0. The first-order valence-electron chi connectivity index (χ1n) is 20.5. The lowest BCUT2D eigenvalue weighted by atomic mass is 9.82. The van der Waals surface area contributed by atoms with E-state index < -0.39 is 54.4 Å². The van der Waals surface area contributed by atoms with E-state index in [4.69, 9.17) is 14.0 Å². The molecule has 45 heavy (non-hydrogen) atoms. The maximum atomic E-state index is 10.0. The van der Waals surface area contributed by atoms with Crippen LogP contribution in [-0.4, -0.2) is 0 Å². The van der Waals surface area contributed by atoms with Crippen molar-refractivity contribution in [3.8, 4) is 44.5 Å². The first-order chi connectivity index (χ1) is 27.3. The summed E-state index contributed by atoms with van der Waals surface area (Å²) in [5, 5.41) is 1.51. The Kier molecular flexibility index (Phi) is 3.74. The van der Waals surface area contributed by atoms with Crippen molar-refractivity contribution in [1.29, 1.82) is 0 Å². The molecule has 0 saturated carbocycles. The Morgan fingerprint density at radius 2 is 1.00 bits per heavy atom. The van der Waals surface area contributed by atoms with Crippen LogP contribution < -0.4 is 0 Å². The Labute approximate surface area is 278 Å². The lowest BCUT2D eigenvalue weighted by molar-refractivity contribution is 0.669. The van der Waals surface area contributed by atoms with Crippen molar-refractivity contribution in [2.75, 3.05) is 0 Å². The number of furan rings is 1. The van der Waals surface area contributed by atoms with E-state index in [9.17, 15) is 6.85 Å². The predicted octanol–water partition coefficient (Wildman–Crippen LogP) is 12.6. The first-order valence-corrected chi connectivity index (χ1v) is 14.5. The molecule has 0 radical (unpaired) electrons. The van der Waals surface area contributed by atoms with Crippen molar-refractivity contribution in [2.45, 2.75) is 0 Å². The van der Waals surface area contributed by atoms with Gasteiger partial charge in [0.2, 0.25) is 0 Å². The summed E-state index contributed by atoms with van der Waals surface area (Å²) in [7, 11) is 0. The average Bonchev–Trinajstić information content (AvgIpc) is 3.61. The molecular weight excluding hydrogens is 544 g/mol. The van der Waals surface area contributed by atoms with Gasteiger partial charge in [-0.25, -0.2) is 0 Å². The van der Waals surface area contributed by atoms with Crippen LogP contribution >= 0.6 is 0 Å². The zero-order valence-corrected chi connectivity index (χ0v) is 23.6. The lowest BCUT2D eigenvalue weighted by Gasteiger charge is -2.21. The third kappa shape index (κ3) is 4.09. The van der Waals surface area contributed by atoms with E-state index in [0.717, 1.165) is 0 Å². The highest BCUT2D eigenvalue weighted by atomic mass is 16.3. The molecular formula is C44H28O. The number of hydrogen-bond acceptors (Lipinski definition) is 1. The van der Waals surface area contributed by atoms with Crippen LogP contribution in [0.4, 0.5) is 0 Å². The molecule has 1 heteroatoms. The van der Waals surface area contributed by atoms with Gasteiger partial charge in [-0.2, -0.15) is 0 Å². The zero-order chi connectivity index (χ0) is 40.2. The molecule has 0 bridgehead atoms. The third-order valence-electron chi connectivity index (χ3n) is 8.20. The van der Waals surface area contributed by atoms with E-state index in [0.29, 0.717) is 33.1 Å². The third-order valence-corrected chi connectivity index (χ3v) is 8.20. The van der Waals surface area contributed by atoms with Crippen molar-refractivity contribution in [2.24, 2.45) is 0 Å². The molecule has 9 rings (SSSR count). The summed E-state index contributed by atoms with van der Waals surface area (Å²) in [6, 6.07) is 22.5. The normalized spacial score (nSPS) is 15.3. The molecule has 0 unspecified atom stereocenters. The van der Waals surface area contributed by atoms with Crippen molar-refractivity contribution >= 4 is 43.5 Å². The van der Waals surface area contributed by atoms with Gasteiger partial charge in [0.15, 0.2) is 0 Å². The Bertz CT molecular complexity index is 3180. The van der Waals surface area contributed by atoms with E-state index in [2.05, 4.69) is 0 Å². The van der Waals surface area contributed by atoms with Gasteiger partial charge in [-0.05, 0) is 84.2 Å². The monoisotopic (exact) mass is 584 g/mol. The van der Waals surface area contributed by atoms with Crippen LogP contribution in [0.5, 0.6) is 0 Å². The van der Waals surface area contributed by atoms with Gasteiger partial charge in [0.1, 0.15) is 11.2 Å². The molecule has 8 aromatic carbocycles. The van der Waals surface area contributed by atoms with Crippen LogP contribution in [0.15, 0.2) is 174 Å². The highest BCUT2D eigenvalue weighted by Crippen LogP contribution is 2.49. The molecule has 0 aliphatic heterocycles. The van der Waals surface area contributed by atoms with E-state index in [1.165, 1.54) is 0 Å². The van der Waals surface area contributed by atoms with Crippen molar-refractivity contribution in [3.63, 3.8) is 0 Å². The molecule has 1 aromatic heterocycles.